The number of aryl methyl sites for hydroxylation is 2. The van der Waals surface area contributed by atoms with Crippen molar-refractivity contribution >= 4 is 22.8 Å². The van der Waals surface area contributed by atoms with Gasteiger partial charge in [-0.25, -0.2) is 14.2 Å². The molecule has 1 aliphatic heterocycles. The van der Waals surface area contributed by atoms with Crippen molar-refractivity contribution in [2.45, 2.75) is 64.1 Å². The second kappa shape index (κ2) is 9.87. The maximum absolute atomic E-state index is 13.7. The van der Waals surface area contributed by atoms with Gasteiger partial charge >= 0.3 is 6.09 Å². The molecule has 8 nitrogen and oxygen atoms in total. The third kappa shape index (κ3) is 4.24. The van der Waals surface area contributed by atoms with Gasteiger partial charge in [-0.15, -0.1) is 0 Å². The summed E-state index contributed by atoms with van der Waals surface area (Å²) in [5.41, 5.74) is 5.25. The number of methoxy groups -OCH3 is 1. The summed E-state index contributed by atoms with van der Waals surface area (Å²) >= 11 is 0. The minimum atomic E-state index is -0.453. The van der Waals surface area contributed by atoms with Crippen molar-refractivity contribution in [1.29, 1.82) is 0 Å². The molecule has 2 aromatic carbocycles. The monoisotopic (exact) mass is 518 g/mol. The quantitative estimate of drug-likeness (QED) is 0.294. The normalized spacial score (nSPS) is 22.2. The van der Waals surface area contributed by atoms with Gasteiger partial charge in [0.2, 0.25) is 0 Å². The van der Waals surface area contributed by atoms with E-state index in [-0.39, 0.29) is 24.0 Å². The Labute approximate surface area is 220 Å². The minimum absolute atomic E-state index is 0.222. The molecule has 0 radical (unpaired) electrons. The fourth-order valence-corrected chi connectivity index (χ4v) is 6.04. The summed E-state index contributed by atoms with van der Waals surface area (Å²) in [6.45, 7) is 4.14. The molecule has 1 saturated heterocycles. The zero-order chi connectivity index (χ0) is 26.4. The van der Waals surface area contributed by atoms with Gasteiger partial charge in [0.15, 0.2) is 0 Å². The van der Waals surface area contributed by atoms with Crippen LogP contribution in [0.3, 0.4) is 0 Å². The van der Waals surface area contributed by atoms with Crippen LogP contribution in [0.4, 0.5) is 14.9 Å². The largest absolute Gasteiger partial charge is 0.449 e. The number of ether oxygens (including phenoxy) is 2. The first-order chi connectivity index (χ1) is 18.4. The first-order valence-corrected chi connectivity index (χ1v) is 13.1. The molecule has 1 saturated carbocycles. The first kappa shape index (κ1) is 24.6. The number of rotatable bonds is 5. The standard InChI is InChI=1S/C29H31FN4O4/c1-17-27(18(2)38-32-17)19-4-13-25-24(16-19)31-28(33(25)21-9-11-23(36-3)12-10-21)26-14-15-37-29(35)34(26)22-7-5-20(30)6-8-22/h4-8,13,16,21,23,26H,9-12,14-15H2,1-3H3. The average molecular weight is 519 g/mol. The number of nitrogens with zero attached hydrogens (tertiary/aromatic N) is 4. The molecule has 4 aromatic rings. The van der Waals surface area contributed by atoms with Gasteiger partial charge < -0.3 is 18.6 Å². The van der Waals surface area contributed by atoms with Crippen LogP contribution in [0.2, 0.25) is 0 Å². The molecule has 0 N–H and O–H groups in total. The number of cyclic esters (lactones) is 1. The third-order valence-electron chi connectivity index (χ3n) is 7.91. The van der Waals surface area contributed by atoms with E-state index in [1.54, 1.807) is 24.1 Å². The van der Waals surface area contributed by atoms with Crippen molar-refractivity contribution in [2.24, 2.45) is 0 Å². The van der Waals surface area contributed by atoms with Crippen LogP contribution in [0, 0.1) is 19.7 Å². The van der Waals surface area contributed by atoms with Crippen LogP contribution in [-0.4, -0.2) is 40.6 Å². The summed E-state index contributed by atoms with van der Waals surface area (Å²) in [7, 11) is 1.77. The van der Waals surface area contributed by atoms with E-state index in [1.807, 2.05) is 13.8 Å². The van der Waals surface area contributed by atoms with Crippen molar-refractivity contribution in [3.8, 4) is 11.1 Å². The van der Waals surface area contributed by atoms with Gasteiger partial charge in [-0.3, -0.25) is 4.90 Å². The number of amides is 1. The lowest BCUT2D eigenvalue weighted by Gasteiger charge is -2.37. The van der Waals surface area contributed by atoms with E-state index in [9.17, 15) is 9.18 Å². The van der Waals surface area contributed by atoms with E-state index in [0.717, 1.165) is 65.1 Å². The predicted molar refractivity (Wildman–Crippen MR) is 141 cm³/mol. The van der Waals surface area contributed by atoms with Crippen LogP contribution in [0.15, 0.2) is 47.0 Å². The number of aromatic nitrogens is 3. The van der Waals surface area contributed by atoms with Gasteiger partial charge in [0.1, 0.15) is 23.4 Å². The molecule has 6 rings (SSSR count). The van der Waals surface area contributed by atoms with Crippen molar-refractivity contribution in [2.75, 3.05) is 18.6 Å². The molecule has 2 fully saturated rings. The van der Waals surface area contributed by atoms with Crippen molar-refractivity contribution in [3.05, 3.63) is 65.6 Å². The molecular formula is C29H31FN4O4. The highest BCUT2D eigenvalue weighted by Gasteiger charge is 2.37. The zero-order valence-electron chi connectivity index (χ0n) is 21.8. The Morgan fingerprint density at radius 3 is 2.47 bits per heavy atom. The number of fused-ring (bicyclic) bond motifs is 1. The van der Waals surface area contributed by atoms with Gasteiger partial charge in [-0.1, -0.05) is 11.2 Å². The topological polar surface area (TPSA) is 82.6 Å². The number of hydrogen-bond acceptors (Lipinski definition) is 6. The maximum atomic E-state index is 13.7. The lowest BCUT2D eigenvalue weighted by molar-refractivity contribution is 0.0582. The van der Waals surface area contributed by atoms with Crippen LogP contribution in [-0.2, 0) is 9.47 Å². The Kier molecular flexibility index (Phi) is 6.39. The van der Waals surface area contributed by atoms with E-state index < -0.39 is 6.09 Å². The second-order valence-corrected chi connectivity index (χ2v) is 10.2. The zero-order valence-corrected chi connectivity index (χ0v) is 21.8. The fraction of sp³-hybridized carbons (Fsp3) is 0.414. The second-order valence-electron chi connectivity index (χ2n) is 10.2. The smallest absolute Gasteiger partial charge is 0.414 e. The number of hydrogen-bond donors (Lipinski definition) is 0. The Morgan fingerprint density at radius 1 is 1.03 bits per heavy atom. The highest BCUT2D eigenvalue weighted by atomic mass is 19.1. The number of halogens is 1. The summed E-state index contributed by atoms with van der Waals surface area (Å²) in [5.74, 6) is 1.22. The molecule has 9 heteroatoms. The molecule has 2 aromatic heterocycles. The van der Waals surface area contributed by atoms with Gasteiger partial charge in [0, 0.05) is 30.8 Å². The summed E-state index contributed by atoms with van der Waals surface area (Å²) in [6.07, 6.45) is 4.22. The Hall–Kier alpha value is -3.72. The van der Waals surface area contributed by atoms with Gasteiger partial charge in [0.25, 0.3) is 0 Å². The number of anilines is 1. The van der Waals surface area contributed by atoms with Gasteiger partial charge in [0.05, 0.1) is 29.4 Å². The summed E-state index contributed by atoms with van der Waals surface area (Å²) in [6, 6.07) is 12.1. The minimum Gasteiger partial charge on any atom is -0.449 e. The summed E-state index contributed by atoms with van der Waals surface area (Å²) < 4.78 is 32.5. The summed E-state index contributed by atoms with van der Waals surface area (Å²) in [4.78, 5) is 19.8. The van der Waals surface area contributed by atoms with Crippen LogP contribution in [0.1, 0.15) is 61.5 Å². The molecule has 0 bridgehead atoms. The molecule has 198 valence electrons. The van der Waals surface area contributed by atoms with E-state index in [0.29, 0.717) is 18.7 Å². The Bertz CT molecular complexity index is 1450. The molecule has 3 heterocycles. The van der Waals surface area contributed by atoms with Crippen molar-refractivity contribution < 1.29 is 23.2 Å². The average Bonchev–Trinajstić information content (AvgIpc) is 3.48. The van der Waals surface area contributed by atoms with Crippen LogP contribution < -0.4 is 4.90 Å². The van der Waals surface area contributed by atoms with Crippen LogP contribution in [0.5, 0.6) is 0 Å². The molecule has 1 aliphatic carbocycles. The number of imidazole rings is 1. The van der Waals surface area contributed by atoms with E-state index >= 15 is 0 Å². The highest BCUT2D eigenvalue weighted by Crippen LogP contribution is 2.41. The maximum Gasteiger partial charge on any atom is 0.414 e. The molecule has 1 atom stereocenters. The van der Waals surface area contributed by atoms with E-state index in [4.69, 9.17) is 19.0 Å². The van der Waals surface area contributed by atoms with Gasteiger partial charge in [-0.2, -0.15) is 0 Å². The SMILES string of the molecule is COC1CCC(n2c(C3CCOC(=O)N3c3ccc(F)cc3)nc3cc(-c4c(C)noc4C)ccc32)CC1. The number of carbonyl (C=O) groups excluding carboxylic acids is 1. The molecule has 1 unspecified atom stereocenters. The molecule has 1 amide bonds. The Balaban J connectivity index is 1.49. The van der Waals surface area contributed by atoms with Crippen molar-refractivity contribution in [3.63, 3.8) is 0 Å². The highest BCUT2D eigenvalue weighted by molar-refractivity contribution is 5.90. The number of benzene rings is 2. The molecular weight excluding hydrogens is 487 g/mol. The molecule has 0 spiro atoms. The number of carbonyl (C=O) groups is 1. The molecule has 2 aliphatic rings. The van der Waals surface area contributed by atoms with E-state index in [2.05, 4.69) is 27.9 Å². The lowest BCUT2D eigenvalue weighted by Crippen LogP contribution is -2.42. The fourth-order valence-electron chi connectivity index (χ4n) is 6.04. The predicted octanol–water partition coefficient (Wildman–Crippen LogP) is 6.67. The summed E-state index contributed by atoms with van der Waals surface area (Å²) in [5, 5.41) is 4.12. The van der Waals surface area contributed by atoms with Crippen molar-refractivity contribution in [1.82, 2.24) is 14.7 Å². The lowest BCUT2D eigenvalue weighted by atomic mass is 9.92. The van der Waals surface area contributed by atoms with Crippen LogP contribution in [0.25, 0.3) is 22.2 Å². The van der Waals surface area contributed by atoms with Crippen LogP contribution >= 0.6 is 0 Å². The molecule has 38 heavy (non-hydrogen) atoms. The third-order valence-corrected chi connectivity index (χ3v) is 7.91. The first-order valence-electron chi connectivity index (χ1n) is 13.1. The van der Waals surface area contributed by atoms with E-state index in [1.165, 1.54) is 12.1 Å². The van der Waals surface area contributed by atoms with Gasteiger partial charge in [-0.05, 0) is 81.5 Å². The Morgan fingerprint density at radius 2 is 1.79 bits per heavy atom.